The lowest BCUT2D eigenvalue weighted by Crippen LogP contribution is -2.27. The van der Waals surface area contributed by atoms with Crippen LogP contribution in [0, 0.1) is 0 Å². The number of aromatic nitrogens is 3. The normalized spacial score (nSPS) is 11.6. The molecule has 0 saturated heterocycles. The molecule has 4 rings (SSSR count). The van der Waals surface area contributed by atoms with Gasteiger partial charge in [0.25, 0.3) is 0 Å². The van der Waals surface area contributed by atoms with Gasteiger partial charge in [0, 0.05) is 44.2 Å². The molecule has 2 heterocycles. The molecule has 0 radical (unpaired) electrons. The van der Waals surface area contributed by atoms with E-state index >= 15 is 0 Å². The maximum absolute atomic E-state index is 12.0. The molecule has 43 heavy (non-hydrogen) atoms. The minimum Gasteiger partial charge on any atom is -0.466 e. The van der Waals surface area contributed by atoms with Crippen molar-refractivity contribution < 1.29 is 14.3 Å². The van der Waals surface area contributed by atoms with E-state index in [1.165, 1.54) is 6.42 Å². The number of aliphatic imine (C=N–C) groups is 1. The van der Waals surface area contributed by atoms with E-state index in [2.05, 4.69) is 49.9 Å². The number of nitrogens with zero attached hydrogens (tertiary/aromatic N) is 5. The summed E-state index contributed by atoms with van der Waals surface area (Å²) < 4.78 is 12.8. The zero-order valence-corrected chi connectivity index (χ0v) is 25.5. The average Bonchev–Trinajstić information content (AvgIpc) is 3.34. The van der Waals surface area contributed by atoms with Crippen LogP contribution in [0.3, 0.4) is 0 Å². The molecular weight excluding hydrogens is 542 g/mol. The van der Waals surface area contributed by atoms with Gasteiger partial charge in [0.15, 0.2) is 0 Å². The Kier molecular flexibility index (Phi) is 11.9. The SMILES string of the molecule is CCCCCOCN=C(N)c1ccc(NCc2nc3cc(CN(CCC(=O)OCC)c4ccccn4)ccc3n2C)cc1. The van der Waals surface area contributed by atoms with Gasteiger partial charge in [-0.2, -0.15) is 0 Å². The van der Waals surface area contributed by atoms with E-state index in [1.807, 2.05) is 56.4 Å². The summed E-state index contributed by atoms with van der Waals surface area (Å²) in [4.78, 5) is 27.9. The number of esters is 1. The number of anilines is 2. The smallest absolute Gasteiger partial charge is 0.307 e. The lowest BCUT2D eigenvalue weighted by Gasteiger charge is -2.23. The molecule has 0 aliphatic heterocycles. The highest BCUT2D eigenvalue weighted by Gasteiger charge is 2.14. The van der Waals surface area contributed by atoms with Crippen molar-refractivity contribution in [1.82, 2.24) is 14.5 Å². The number of ether oxygens (including phenoxy) is 2. The van der Waals surface area contributed by atoms with Gasteiger partial charge < -0.3 is 30.0 Å². The lowest BCUT2D eigenvalue weighted by molar-refractivity contribution is -0.142. The topological polar surface area (TPSA) is 120 Å². The Bertz CT molecular complexity index is 1470. The Hall–Kier alpha value is -4.44. The van der Waals surface area contributed by atoms with Gasteiger partial charge in [0.05, 0.1) is 30.6 Å². The van der Waals surface area contributed by atoms with Gasteiger partial charge in [-0.25, -0.2) is 15.0 Å². The van der Waals surface area contributed by atoms with Crippen LogP contribution in [-0.4, -0.2) is 52.8 Å². The molecule has 0 atom stereocenters. The fourth-order valence-electron chi connectivity index (χ4n) is 4.71. The van der Waals surface area contributed by atoms with Gasteiger partial charge in [0.2, 0.25) is 0 Å². The number of benzene rings is 2. The zero-order valence-electron chi connectivity index (χ0n) is 25.5. The first-order valence-corrected chi connectivity index (χ1v) is 15.0. The molecule has 4 aromatic rings. The summed E-state index contributed by atoms with van der Waals surface area (Å²) in [6.45, 7) is 7.01. The third kappa shape index (κ3) is 9.27. The van der Waals surface area contributed by atoms with Crippen molar-refractivity contribution >= 4 is 34.3 Å². The Labute approximate surface area is 253 Å². The number of nitrogens with two attached hydrogens (primary N) is 1. The van der Waals surface area contributed by atoms with Gasteiger partial charge in [-0.3, -0.25) is 4.79 Å². The van der Waals surface area contributed by atoms with Crippen LogP contribution in [0.4, 0.5) is 11.5 Å². The van der Waals surface area contributed by atoms with Gasteiger partial charge in [-0.1, -0.05) is 31.9 Å². The molecule has 0 bridgehead atoms. The van der Waals surface area contributed by atoms with E-state index in [9.17, 15) is 4.79 Å². The molecule has 0 saturated carbocycles. The summed E-state index contributed by atoms with van der Waals surface area (Å²) in [5.74, 6) is 1.99. The van der Waals surface area contributed by atoms with E-state index in [0.717, 1.165) is 52.3 Å². The molecule has 0 aliphatic carbocycles. The Balaban J connectivity index is 1.37. The molecular formula is C33H43N7O3. The van der Waals surface area contributed by atoms with Crippen molar-refractivity contribution in [1.29, 1.82) is 0 Å². The molecule has 228 valence electrons. The van der Waals surface area contributed by atoms with E-state index in [4.69, 9.17) is 20.2 Å². The standard InChI is InChI=1S/C33H43N7O3/c1-4-6-9-20-42-24-37-33(34)26-12-14-27(15-13-26)36-22-31-38-28-21-25(11-16-29(28)39(31)3)23-40(19-17-32(41)43-5-2)30-10-7-8-18-35-30/h7-8,10-16,18,21,36H,4-6,9,17,19-20,22-24H2,1-3H3,(H2,34,37). The second kappa shape index (κ2) is 16.3. The number of hydrogen-bond donors (Lipinski definition) is 2. The van der Waals surface area contributed by atoms with Crippen LogP contribution in [-0.2, 0) is 34.4 Å². The molecule has 0 fully saturated rings. The Morgan fingerprint density at radius 2 is 1.93 bits per heavy atom. The number of carbonyl (C=O) groups excluding carboxylic acids is 1. The van der Waals surface area contributed by atoms with Crippen LogP contribution >= 0.6 is 0 Å². The second-order valence-corrected chi connectivity index (χ2v) is 10.3. The number of rotatable bonds is 17. The number of aryl methyl sites for hydroxylation is 1. The summed E-state index contributed by atoms with van der Waals surface area (Å²) >= 11 is 0. The van der Waals surface area contributed by atoms with Crippen LogP contribution in [0.1, 0.15) is 56.5 Å². The fraction of sp³-hybridized carbons (Fsp3) is 0.394. The van der Waals surface area contributed by atoms with Crippen molar-refractivity contribution in [2.75, 3.05) is 36.7 Å². The molecule has 0 unspecified atom stereocenters. The summed E-state index contributed by atoms with van der Waals surface area (Å²) in [5.41, 5.74) is 11.0. The van der Waals surface area contributed by atoms with Crippen LogP contribution in [0.2, 0.25) is 0 Å². The number of pyridine rings is 1. The monoisotopic (exact) mass is 585 g/mol. The van der Waals surface area contributed by atoms with E-state index in [1.54, 1.807) is 6.20 Å². The summed E-state index contributed by atoms with van der Waals surface area (Å²) in [7, 11) is 2.02. The first-order chi connectivity index (χ1) is 21.0. The van der Waals surface area contributed by atoms with Gasteiger partial charge in [-0.15, -0.1) is 0 Å². The van der Waals surface area contributed by atoms with Crippen molar-refractivity contribution in [2.45, 2.75) is 52.6 Å². The minimum atomic E-state index is -0.213. The minimum absolute atomic E-state index is 0.213. The van der Waals surface area contributed by atoms with E-state index in [-0.39, 0.29) is 12.7 Å². The predicted molar refractivity (Wildman–Crippen MR) is 172 cm³/mol. The van der Waals surface area contributed by atoms with Crippen LogP contribution in [0.25, 0.3) is 11.0 Å². The zero-order chi connectivity index (χ0) is 30.4. The summed E-state index contributed by atoms with van der Waals surface area (Å²) in [5, 5.41) is 3.46. The Morgan fingerprint density at radius 1 is 1.09 bits per heavy atom. The number of nitrogens with one attached hydrogen (secondary N) is 1. The second-order valence-electron chi connectivity index (χ2n) is 10.3. The fourth-order valence-corrected chi connectivity index (χ4v) is 4.71. The predicted octanol–water partition coefficient (Wildman–Crippen LogP) is 5.41. The van der Waals surface area contributed by atoms with E-state index in [0.29, 0.717) is 45.1 Å². The van der Waals surface area contributed by atoms with Gasteiger partial charge >= 0.3 is 5.97 Å². The highest BCUT2D eigenvalue weighted by atomic mass is 16.5. The quantitative estimate of drug-likeness (QED) is 0.0731. The summed E-state index contributed by atoms with van der Waals surface area (Å²) in [6.07, 6.45) is 5.42. The number of imidazole rings is 1. The van der Waals surface area contributed by atoms with Crippen LogP contribution in [0.5, 0.6) is 0 Å². The number of unbranched alkanes of at least 4 members (excludes halogenated alkanes) is 2. The highest BCUT2D eigenvalue weighted by molar-refractivity contribution is 5.97. The largest absolute Gasteiger partial charge is 0.466 e. The first kappa shape index (κ1) is 31.5. The van der Waals surface area contributed by atoms with Crippen LogP contribution in [0.15, 0.2) is 71.9 Å². The maximum atomic E-state index is 12.0. The van der Waals surface area contributed by atoms with Crippen LogP contribution < -0.4 is 16.0 Å². The molecule has 0 spiro atoms. The summed E-state index contributed by atoms with van der Waals surface area (Å²) in [6, 6.07) is 20.0. The Morgan fingerprint density at radius 3 is 2.67 bits per heavy atom. The molecule has 3 N–H and O–H groups in total. The maximum Gasteiger partial charge on any atom is 0.307 e. The number of hydrogen-bond acceptors (Lipinski definition) is 8. The van der Waals surface area contributed by atoms with Crippen molar-refractivity contribution in [3.05, 3.63) is 83.8 Å². The first-order valence-electron chi connectivity index (χ1n) is 15.0. The number of carbonyl (C=O) groups is 1. The van der Waals surface area contributed by atoms with Crippen molar-refractivity contribution in [3.63, 3.8) is 0 Å². The third-order valence-corrected chi connectivity index (χ3v) is 7.13. The molecule has 2 aromatic heterocycles. The number of amidine groups is 1. The van der Waals surface area contributed by atoms with Gasteiger partial charge in [0.1, 0.15) is 24.2 Å². The van der Waals surface area contributed by atoms with Gasteiger partial charge in [-0.05, 0) is 67.4 Å². The third-order valence-electron chi connectivity index (χ3n) is 7.13. The van der Waals surface area contributed by atoms with E-state index < -0.39 is 0 Å². The molecule has 0 aliphatic rings. The van der Waals surface area contributed by atoms with Crippen molar-refractivity contribution in [3.8, 4) is 0 Å². The average molecular weight is 586 g/mol. The molecule has 2 aromatic carbocycles. The molecule has 10 heteroatoms. The number of fused-ring (bicyclic) bond motifs is 1. The van der Waals surface area contributed by atoms with Crippen molar-refractivity contribution in [2.24, 2.45) is 17.8 Å². The molecule has 10 nitrogen and oxygen atoms in total. The molecule has 0 amide bonds. The highest BCUT2D eigenvalue weighted by Crippen LogP contribution is 2.21. The lowest BCUT2D eigenvalue weighted by atomic mass is 10.1.